The molecular formula is C50H86N18O6. The number of aliphatic hydroxyl groups is 6. The van der Waals surface area contributed by atoms with Crippen LogP contribution < -0.4 is 11.5 Å². The zero-order valence-electron chi connectivity index (χ0n) is 44.4. The Kier molecular flexibility index (Phi) is 37.8. The second kappa shape index (κ2) is 42.8. The van der Waals surface area contributed by atoms with Gasteiger partial charge in [0.05, 0.1) is 50.7 Å². The number of nitrogens with zero attached hydrogens (tertiary/aromatic N) is 16. The summed E-state index contributed by atoms with van der Waals surface area (Å²) in [6.07, 6.45) is 39.0. The van der Waals surface area contributed by atoms with Crippen LogP contribution in [-0.4, -0.2) is 159 Å². The van der Waals surface area contributed by atoms with E-state index in [0.29, 0.717) is 26.2 Å². The molecule has 0 amide bonds. The number of hydrogen-bond acceptors (Lipinski definition) is 16. The van der Waals surface area contributed by atoms with Crippen LogP contribution in [0.4, 0.5) is 0 Å². The Labute approximate surface area is 436 Å². The van der Waals surface area contributed by atoms with Crippen LogP contribution in [0.25, 0.3) is 0 Å². The van der Waals surface area contributed by atoms with Gasteiger partial charge in [-0.25, -0.2) is 39.9 Å². The normalized spacial score (nSPS) is 10.9. The second-order valence-corrected chi connectivity index (χ2v) is 16.4. The Morgan fingerprint density at radius 2 is 0.703 bits per heavy atom. The molecule has 8 heterocycles. The van der Waals surface area contributed by atoms with Crippen molar-refractivity contribution in [2.75, 3.05) is 39.5 Å². The number of aryl methyl sites for hydroxylation is 8. The highest BCUT2D eigenvalue weighted by Crippen LogP contribution is 1.99. The van der Waals surface area contributed by atoms with Crippen molar-refractivity contribution in [3.63, 3.8) is 0 Å². The summed E-state index contributed by atoms with van der Waals surface area (Å²) >= 11 is 0. The fourth-order valence-electron chi connectivity index (χ4n) is 6.01. The molecule has 24 heteroatoms. The van der Waals surface area contributed by atoms with Gasteiger partial charge in [0.1, 0.15) is 23.3 Å². The average Bonchev–Trinajstić information content (AvgIpc) is 4.24. The van der Waals surface area contributed by atoms with Crippen molar-refractivity contribution < 1.29 is 30.6 Å². The Balaban J connectivity index is 0.000000423. The zero-order valence-corrected chi connectivity index (χ0v) is 44.4. The van der Waals surface area contributed by atoms with Gasteiger partial charge in [0.25, 0.3) is 0 Å². The Hall–Kier alpha value is -6.64. The minimum absolute atomic E-state index is 0.177. The molecule has 2 atom stereocenters. The average molecular weight is 1040 g/mol. The molecule has 0 saturated carbocycles. The highest BCUT2D eigenvalue weighted by molar-refractivity contribution is 4.90. The van der Waals surface area contributed by atoms with E-state index in [1.807, 2.05) is 115 Å². The molecule has 0 bridgehead atoms. The summed E-state index contributed by atoms with van der Waals surface area (Å²) in [5.41, 5.74) is 10.7. The largest absolute Gasteiger partial charge is 0.396 e. The summed E-state index contributed by atoms with van der Waals surface area (Å²) in [6.45, 7) is 19.9. The molecule has 0 aliphatic heterocycles. The molecule has 2 unspecified atom stereocenters. The van der Waals surface area contributed by atoms with E-state index >= 15 is 0 Å². The Bertz CT molecular complexity index is 2270. The Morgan fingerprint density at radius 3 is 1.03 bits per heavy atom. The summed E-state index contributed by atoms with van der Waals surface area (Å²) in [5, 5.41) is 51.7. The molecule has 74 heavy (non-hydrogen) atoms. The summed E-state index contributed by atoms with van der Waals surface area (Å²) in [7, 11) is 0. The van der Waals surface area contributed by atoms with Crippen LogP contribution in [-0.2, 0) is 52.4 Å². The number of nitrogens with two attached hydrogens (primary N) is 2. The van der Waals surface area contributed by atoms with E-state index in [9.17, 15) is 0 Å². The number of aliphatic hydroxyl groups excluding tert-OH is 6. The van der Waals surface area contributed by atoms with Crippen molar-refractivity contribution in [1.29, 1.82) is 0 Å². The fourth-order valence-corrected chi connectivity index (χ4v) is 6.01. The number of imidazole rings is 8. The van der Waals surface area contributed by atoms with E-state index in [1.165, 1.54) is 0 Å². The van der Waals surface area contributed by atoms with Crippen LogP contribution in [0.2, 0.25) is 0 Å². The molecule has 0 spiro atoms. The van der Waals surface area contributed by atoms with Crippen LogP contribution >= 0.6 is 0 Å². The minimum Gasteiger partial charge on any atom is -0.396 e. The topological polar surface area (TPSA) is 316 Å². The van der Waals surface area contributed by atoms with Crippen molar-refractivity contribution in [3.05, 3.63) is 148 Å². The van der Waals surface area contributed by atoms with E-state index in [1.54, 1.807) is 82.5 Å². The van der Waals surface area contributed by atoms with Crippen molar-refractivity contribution in [1.82, 2.24) is 76.4 Å². The maximum atomic E-state index is 9.00. The van der Waals surface area contributed by atoms with Crippen molar-refractivity contribution >= 4 is 0 Å². The van der Waals surface area contributed by atoms with Crippen LogP contribution in [0.5, 0.6) is 0 Å². The molecule has 0 aromatic carbocycles. The molecule has 0 aliphatic carbocycles. The van der Waals surface area contributed by atoms with Gasteiger partial charge in [-0.2, -0.15) is 0 Å². The van der Waals surface area contributed by atoms with E-state index in [-0.39, 0.29) is 38.6 Å². The standard InChI is InChI=1S/C7H13N3.2C7H12N2O.C6H11N3.3C6H10N2O.C5H8N2O/c1-7-9-4-6-10(7)5-2-3-8;1-6(10)5-9-4-3-8-7(9)2;1-7-8-3-5-9(7)4-2-6-10;7-2-1-4-9-5-3-8-6-9;1-6(9)4-8-3-2-7-5-8;1-6-7-2-3-8(6)4-5-9;9-5-1-3-8-4-2-7-6-8;8-4-3-7-2-1-6-5-7/h4,6H,2-3,5,8H2,1H3;3-4,6,10H,5H2,1-2H3;3,5,10H,2,4,6H2,1H3;3,5-6H,1-2,4,7H2;2-3,5-6,9H,4H2,1H3;2-3,9H,4-5H2,1H3;2,4,6,9H,1,3,5H2;1-2,5,8H,3-4H2. The lowest BCUT2D eigenvalue weighted by Gasteiger charge is -2.05. The van der Waals surface area contributed by atoms with Gasteiger partial charge in [0.15, 0.2) is 0 Å². The monoisotopic (exact) mass is 1030 g/mol. The highest BCUT2D eigenvalue weighted by atomic mass is 16.3. The third-order valence-electron chi connectivity index (χ3n) is 9.92. The first-order chi connectivity index (χ1) is 35.8. The Morgan fingerprint density at radius 1 is 0.378 bits per heavy atom. The molecule has 0 aliphatic rings. The second-order valence-electron chi connectivity index (χ2n) is 16.4. The first-order valence-corrected chi connectivity index (χ1v) is 24.8. The molecule has 0 fully saturated rings. The highest BCUT2D eigenvalue weighted by Gasteiger charge is 2.00. The molecule has 10 N–H and O–H groups in total. The molecule has 8 aromatic rings. The number of aromatic nitrogens is 16. The molecule has 8 aromatic heterocycles. The van der Waals surface area contributed by atoms with E-state index in [4.69, 9.17) is 42.1 Å². The maximum Gasteiger partial charge on any atom is 0.105 e. The van der Waals surface area contributed by atoms with Gasteiger partial charge in [-0.3, -0.25) is 0 Å². The van der Waals surface area contributed by atoms with Gasteiger partial charge >= 0.3 is 0 Å². The minimum atomic E-state index is -0.298. The maximum absolute atomic E-state index is 9.00. The first-order valence-electron chi connectivity index (χ1n) is 24.8. The van der Waals surface area contributed by atoms with Gasteiger partial charge < -0.3 is 78.6 Å². The predicted molar refractivity (Wildman–Crippen MR) is 285 cm³/mol. The molecule has 8 rings (SSSR count). The third-order valence-corrected chi connectivity index (χ3v) is 9.92. The lowest BCUT2D eigenvalue weighted by Crippen LogP contribution is -2.11. The quantitative estimate of drug-likeness (QED) is 0.0544. The fraction of sp³-hybridized carbons (Fsp3) is 0.520. The van der Waals surface area contributed by atoms with E-state index in [0.717, 1.165) is 88.2 Å². The van der Waals surface area contributed by atoms with Gasteiger partial charge in [-0.1, -0.05) is 0 Å². The van der Waals surface area contributed by atoms with Crippen LogP contribution in [0.1, 0.15) is 62.8 Å². The van der Waals surface area contributed by atoms with Crippen LogP contribution in [0.15, 0.2) is 124 Å². The van der Waals surface area contributed by atoms with Crippen molar-refractivity contribution in [2.24, 2.45) is 11.5 Å². The molecule has 0 radical (unpaired) electrons. The van der Waals surface area contributed by atoms with Gasteiger partial charge in [0.2, 0.25) is 0 Å². The molecular weight excluding hydrogens is 949 g/mol. The summed E-state index contributed by atoms with van der Waals surface area (Å²) in [6, 6.07) is 0. The van der Waals surface area contributed by atoms with Gasteiger partial charge in [-0.05, 0) is 80.3 Å². The molecule has 0 saturated heterocycles. The molecule has 24 nitrogen and oxygen atoms in total. The summed E-state index contributed by atoms with van der Waals surface area (Å²) in [5.74, 6) is 3.96. The molecule has 412 valence electrons. The van der Waals surface area contributed by atoms with E-state index < -0.39 is 0 Å². The predicted octanol–water partition coefficient (Wildman–Crippen LogP) is 2.51. The van der Waals surface area contributed by atoms with Crippen LogP contribution in [0, 0.1) is 27.7 Å². The first kappa shape index (κ1) is 65.4. The lowest BCUT2D eigenvalue weighted by molar-refractivity contribution is 0.172. The SMILES string of the molecule is CC(O)Cn1ccnc1.Cc1nccn1CC(C)O.Cc1nccn1CCCN.Cc1nccn1CCCO.Cc1nccn1CCO.NCCCn1ccnc1.OCCCn1ccnc1.OCCn1ccnc1. The van der Waals surface area contributed by atoms with Gasteiger partial charge in [-0.15, -0.1) is 0 Å². The number of hydrogen-bond donors (Lipinski definition) is 8. The smallest absolute Gasteiger partial charge is 0.105 e. The summed E-state index contributed by atoms with van der Waals surface area (Å²) in [4.78, 5) is 31.5. The van der Waals surface area contributed by atoms with Crippen LogP contribution in [0.3, 0.4) is 0 Å². The number of rotatable bonds is 20. The third kappa shape index (κ3) is 32.4. The lowest BCUT2D eigenvalue weighted by atomic mass is 10.4. The summed E-state index contributed by atoms with van der Waals surface area (Å²) < 4.78 is 15.6. The van der Waals surface area contributed by atoms with E-state index in [2.05, 4.69) is 44.4 Å². The van der Waals surface area contributed by atoms with Crippen molar-refractivity contribution in [3.8, 4) is 0 Å². The van der Waals surface area contributed by atoms with Crippen molar-refractivity contribution in [2.45, 2.75) is 132 Å². The van der Waals surface area contributed by atoms with Gasteiger partial charge in [0, 0.05) is 165 Å². The zero-order chi connectivity index (χ0) is 54.6.